The largest absolute Gasteiger partial charge is 0.348 e. The molecule has 7 nitrogen and oxygen atoms in total. The number of amides is 2. The van der Waals surface area contributed by atoms with E-state index in [-0.39, 0.29) is 23.8 Å². The van der Waals surface area contributed by atoms with Crippen LogP contribution in [0.3, 0.4) is 0 Å². The molecule has 3 aromatic rings. The van der Waals surface area contributed by atoms with Gasteiger partial charge in [-0.25, -0.2) is 4.98 Å². The molecule has 2 amide bonds. The monoisotopic (exact) mass is 485 g/mol. The molecular weight excluding hydrogens is 450 g/mol. The summed E-state index contributed by atoms with van der Waals surface area (Å²) in [5, 5.41) is 0. The van der Waals surface area contributed by atoms with E-state index in [4.69, 9.17) is 0 Å². The number of hydrogen-bond donors (Lipinski definition) is 0. The summed E-state index contributed by atoms with van der Waals surface area (Å²) in [6.45, 7) is 6.65. The van der Waals surface area contributed by atoms with Crippen LogP contribution >= 0.6 is 0 Å². The number of likely N-dealkylation sites (tertiary alicyclic amines) is 1. The molecule has 0 aliphatic carbocycles. The maximum absolute atomic E-state index is 13.8. The summed E-state index contributed by atoms with van der Waals surface area (Å²) in [6.07, 6.45) is 7.05. The average Bonchev–Trinajstić information content (AvgIpc) is 3.41. The molecule has 0 radical (unpaired) electrons. The number of fused-ring (bicyclic) bond motifs is 1. The zero-order valence-electron chi connectivity index (χ0n) is 21.6. The highest BCUT2D eigenvalue weighted by atomic mass is 16.2. The smallest absolute Gasteiger partial charge is 0.254 e. The normalized spacial score (nSPS) is 19.5. The van der Waals surface area contributed by atoms with E-state index in [9.17, 15) is 9.59 Å². The molecule has 1 fully saturated rings. The van der Waals surface area contributed by atoms with Crippen LogP contribution in [0.1, 0.15) is 54.1 Å². The molecule has 3 heterocycles. The highest BCUT2D eigenvalue weighted by molar-refractivity contribution is 6.02. The lowest BCUT2D eigenvalue weighted by Gasteiger charge is -2.57. The molecule has 5 rings (SSSR count). The van der Waals surface area contributed by atoms with Gasteiger partial charge in [-0.3, -0.25) is 14.5 Å². The molecule has 0 saturated carbocycles. The third-order valence-corrected chi connectivity index (χ3v) is 7.81. The van der Waals surface area contributed by atoms with E-state index in [1.54, 1.807) is 17.4 Å². The van der Waals surface area contributed by atoms with Crippen LogP contribution in [-0.4, -0.2) is 74.8 Å². The Morgan fingerprint density at radius 1 is 1.08 bits per heavy atom. The lowest BCUT2D eigenvalue weighted by Crippen LogP contribution is -2.66. The molecule has 1 unspecified atom stereocenters. The number of likely N-dealkylation sites (N-methyl/N-ethyl adjacent to an activating group) is 1. The van der Waals surface area contributed by atoms with Crippen LogP contribution in [0.2, 0.25) is 0 Å². The Bertz CT molecular complexity index is 1220. The van der Waals surface area contributed by atoms with Gasteiger partial charge in [-0.05, 0) is 56.0 Å². The van der Waals surface area contributed by atoms with Crippen molar-refractivity contribution in [3.8, 4) is 5.69 Å². The van der Waals surface area contributed by atoms with Crippen LogP contribution in [0.4, 0.5) is 0 Å². The Labute approximate surface area is 213 Å². The molecule has 36 heavy (non-hydrogen) atoms. The van der Waals surface area contributed by atoms with Crippen molar-refractivity contribution >= 4 is 11.8 Å². The van der Waals surface area contributed by atoms with Gasteiger partial charge in [0.25, 0.3) is 5.91 Å². The molecule has 188 valence electrons. The van der Waals surface area contributed by atoms with E-state index in [1.165, 1.54) is 5.56 Å². The number of nitrogens with zero attached hydrogens (tertiary/aromatic N) is 5. The van der Waals surface area contributed by atoms with Gasteiger partial charge in [-0.15, -0.1) is 0 Å². The van der Waals surface area contributed by atoms with E-state index in [0.717, 1.165) is 43.7 Å². The quantitative estimate of drug-likeness (QED) is 0.549. The van der Waals surface area contributed by atoms with Crippen molar-refractivity contribution in [1.82, 2.24) is 24.3 Å². The fourth-order valence-electron chi connectivity index (χ4n) is 6.15. The molecule has 2 aromatic carbocycles. The topological polar surface area (TPSA) is 61.7 Å². The molecule has 1 spiro atoms. The summed E-state index contributed by atoms with van der Waals surface area (Å²) in [4.78, 5) is 37.7. The lowest BCUT2D eigenvalue weighted by atomic mass is 9.66. The lowest BCUT2D eigenvalue weighted by molar-refractivity contribution is -0.136. The Hall–Kier alpha value is -3.45. The third-order valence-electron chi connectivity index (χ3n) is 7.81. The summed E-state index contributed by atoms with van der Waals surface area (Å²) in [7, 11) is 3.63. The van der Waals surface area contributed by atoms with E-state index in [0.29, 0.717) is 5.56 Å². The zero-order valence-corrected chi connectivity index (χ0v) is 21.6. The third kappa shape index (κ3) is 4.11. The Balaban J connectivity index is 1.41. The van der Waals surface area contributed by atoms with Crippen LogP contribution < -0.4 is 0 Å². The summed E-state index contributed by atoms with van der Waals surface area (Å²) in [6, 6.07) is 16.3. The van der Waals surface area contributed by atoms with Crippen molar-refractivity contribution in [1.29, 1.82) is 0 Å². The minimum atomic E-state index is -0.525. The first kappa shape index (κ1) is 24.3. The number of carbonyl (C=O) groups excluding carboxylic acids is 2. The van der Waals surface area contributed by atoms with E-state index >= 15 is 0 Å². The summed E-state index contributed by atoms with van der Waals surface area (Å²) < 4.78 is 1.99. The van der Waals surface area contributed by atoms with Crippen molar-refractivity contribution in [3.05, 3.63) is 83.9 Å². The predicted octanol–water partition coefficient (Wildman–Crippen LogP) is 3.94. The van der Waals surface area contributed by atoms with Crippen molar-refractivity contribution < 1.29 is 9.59 Å². The van der Waals surface area contributed by atoms with Gasteiger partial charge in [0.1, 0.15) is 0 Å². The number of aromatic nitrogens is 2. The fourth-order valence-corrected chi connectivity index (χ4v) is 6.15. The molecular formula is C29H35N5O2. The minimum absolute atomic E-state index is 0.00518. The van der Waals surface area contributed by atoms with Crippen LogP contribution in [0, 0.1) is 0 Å². The first-order valence-corrected chi connectivity index (χ1v) is 12.8. The highest BCUT2D eigenvalue weighted by Gasteiger charge is 2.56. The number of hydrogen-bond acceptors (Lipinski definition) is 4. The Morgan fingerprint density at radius 2 is 1.78 bits per heavy atom. The average molecular weight is 486 g/mol. The number of rotatable bonds is 5. The number of carbonyl (C=O) groups is 2. The van der Waals surface area contributed by atoms with Crippen molar-refractivity contribution in [2.24, 2.45) is 0 Å². The minimum Gasteiger partial charge on any atom is -0.348 e. The second-order valence-electron chi connectivity index (χ2n) is 10.5. The van der Waals surface area contributed by atoms with Gasteiger partial charge in [0.15, 0.2) is 0 Å². The van der Waals surface area contributed by atoms with Crippen molar-refractivity contribution in [3.63, 3.8) is 0 Å². The SMILES string of the molecule is CC(C)N1C(=O)c2ccccc2C(C(=O)N(C)C)C12CCN(Cc1ccc(-n3ccnc3)cc1)CC2. The molecule has 7 heteroatoms. The first-order valence-electron chi connectivity index (χ1n) is 12.8. The van der Waals surface area contributed by atoms with Gasteiger partial charge in [-0.2, -0.15) is 0 Å². The second kappa shape index (κ2) is 9.54. The maximum Gasteiger partial charge on any atom is 0.254 e. The fraction of sp³-hybridized carbons (Fsp3) is 0.414. The number of piperidine rings is 1. The molecule has 0 bridgehead atoms. The predicted molar refractivity (Wildman–Crippen MR) is 140 cm³/mol. The molecule has 1 aromatic heterocycles. The van der Waals surface area contributed by atoms with E-state index in [2.05, 4.69) is 48.0 Å². The van der Waals surface area contributed by atoms with E-state index in [1.807, 2.05) is 54.0 Å². The molecule has 2 aliphatic heterocycles. The van der Waals surface area contributed by atoms with Gasteiger partial charge in [0, 0.05) is 63.4 Å². The van der Waals surface area contributed by atoms with Crippen LogP contribution in [0.5, 0.6) is 0 Å². The molecule has 0 N–H and O–H groups in total. The first-order chi connectivity index (χ1) is 17.3. The van der Waals surface area contributed by atoms with Crippen LogP contribution in [0.15, 0.2) is 67.3 Å². The second-order valence-corrected chi connectivity index (χ2v) is 10.5. The summed E-state index contributed by atoms with van der Waals surface area (Å²) >= 11 is 0. The van der Waals surface area contributed by atoms with Crippen molar-refractivity contribution in [2.75, 3.05) is 27.2 Å². The standard InChI is InChI=1S/C29H35N5O2/c1-21(2)34-27(35)25-8-6-5-7-24(25)26(28(36)31(3)4)29(34)13-16-32(17-14-29)19-22-9-11-23(12-10-22)33-18-15-30-20-33/h5-12,15,18,20-21,26H,13-14,16-17,19H2,1-4H3. The van der Waals surface area contributed by atoms with Gasteiger partial charge in [0.2, 0.25) is 5.91 Å². The van der Waals surface area contributed by atoms with E-state index < -0.39 is 5.54 Å². The maximum atomic E-state index is 13.8. The summed E-state index contributed by atoms with van der Waals surface area (Å²) in [5.74, 6) is -0.239. The van der Waals surface area contributed by atoms with Gasteiger partial charge in [-0.1, -0.05) is 30.3 Å². The number of benzene rings is 2. The zero-order chi connectivity index (χ0) is 25.4. The van der Waals surface area contributed by atoms with Gasteiger partial charge in [0.05, 0.1) is 17.8 Å². The number of imidazole rings is 1. The summed E-state index contributed by atoms with van der Waals surface area (Å²) in [5.41, 5.74) is 3.36. The molecule has 2 aliphatic rings. The molecule has 1 atom stereocenters. The van der Waals surface area contributed by atoms with Crippen molar-refractivity contribution in [2.45, 2.75) is 50.7 Å². The Kier molecular flexibility index (Phi) is 6.43. The molecule has 1 saturated heterocycles. The highest BCUT2D eigenvalue weighted by Crippen LogP contribution is 2.48. The Morgan fingerprint density at radius 3 is 2.39 bits per heavy atom. The van der Waals surface area contributed by atoms with Gasteiger partial charge < -0.3 is 14.4 Å². The van der Waals surface area contributed by atoms with Gasteiger partial charge >= 0.3 is 0 Å². The van der Waals surface area contributed by atoms with Crippen LogP contribution in [-0.2, 0) is 11.3 Å². The van der Waals surface area contributed by atoms with Crippen LogP contribution in [0.25, 0.3) is 5.69 Å².